The molecule has 0 radical (unpaired) electrons. The maximum Gasteiger partial charge on any atom is 0.301 e. The Morgan fingerprint density at radius 2 is 1.83 bits per heavy atom. The monoisotopic (exact) mass is 404 g/mol. The number of pyridine rings is 1. The third kappa shape index (κ3) is 3.20. The molecule has 3 aromatic rings. The van der Waals surface area contributed by atoms with E-state index in [1.807, 2.05) is 0 Å². The summed E-state index contributed by atoms with van der Waals surface area (Å²) in [4.78, 5) is 31.1. The number of ketones is 1. The molecule has 150 valence electrons. The van der Waals surface area contributed by atoms with Crippen LogP contribution in [0.25, 0.3) is 5.76 Å². The Morgan fingerprint density at radius 3 is 2.53 bits per heavy atom. The number of halogens is 1. The van der Waals surface area contributed by atoms with E-state index in [4.69, 9.17) is 4.74 Å². The lowest BCUT2D eigenvalue weighted by atomic mass is 9.95. The lowest BCUT2D eigenvalue weighted by Crippen LogP contribution is -2.30. The first-order chi connectivity index (χ1) is 14.5. The Kier molecular flexibility index (Phi) is 5.02. The number of methoxy groups -OCH3 is 1. The highest BCUT2D eigenvalue weighted by Crippen LogP contribution is 2.42. The number of Topliss-reactive ketones (excluding diaryl/α,β-unsaturated/α-hetero) is 1. The number of amides is 1. The third-order valence-electron chi connectivity index (χ3n) is 4.88. The molecule has 2 heterocycles. The Balaban J connectivity index is 1.97. The van der Waals surface area contributed by atoms with Crippen molar-refractivity contribution in [2.45, 2.75) is 6.04 Å². The Hall–Kier alpha value is -4.00. The number of rotatable bonds is 4. The fourth-order valence-electron chi connectivity index (χ4n) is 3.48. The van der Waals surface area contributed by atoms with Gasteiger partial charge in [-0.3, -0.25) is 14.5 Å². The van der Waals surface area contributed by atoms with E-state index in [1.165, 1.54) is 37.6 Å². The highest BCUT2D eigenvalue weighted by Gasteiger charge is 2.48. The van der Waals surface area contributed by atoms with E-state index in [9.17, 15) is 19.1 Å². The van der Waals surface area contributed by atoms with Gasteiger partial charge in [-0.1, -0.05) is 36.4 Å². The zero-order valence-corrected chi connectivity index (χ0v) is 15.9. The molecule has 0 saturated carbocycles. The lowest BCUT2D eigenvalue weighted by Gasteiger charge is -2.24. The van der Waals surface area contributed by atoms with Crippen molar-refractivity contribution < 1.29 is 23.8 Å². The number of hydrogen-bond donors (Lipinski definition) is 1. The molecule has 1 aliphatic rings. The highest BCUT2D eigenvalue weighted by atomic mass is 19.1. The standard InChI is InChI=1S/C23H17FN2O4/c1-30-15-8-6-7-14(13-15)21(27)19-20(16-9-2-3-10-17(16)24)26(23(29)22(19)28)18-11-4-5-12-25-18/h2-13,20,27H,1H3/t20-/m1/s1. The number of nitrogens with zero attached hydrogens (tertiary/aromatic N) is 2. The minimum Gasteiger partial charge on any atom is -0.507 e. The third-order valence-corrected chi connectivity index (χ3v) is 4.88. The molecule has 0 aliphatic carbocycles. The summed E-state index contributed by atoms with van der Waals surface area (Å²) in [6, 6.07) is 15.9. The maximum atomic E-state index is 14.7. The van der Waals surface area contributed by atoms with Gasteiger partial charge in [-0.2, -0.15) is 0 Å². The minimum absolute atomic E-state index is 0.0757. The van der Waals surface area contributed by atoms with Crippen molar-refractivity contribution in [3.63, 3.8) is 0 Å². The summed E-state index contributed by atoms with van der Waals surface area (Å²) >= 11 is 0. The Labute approximate surface area is 171 Å². The van der Waals surface area contributed by atoms with Gasteiger partial charge in [0.1, 0.15) is 23.1 Å². The summed E-state index contributed by atoms with van der Waals surface area (Å²) in [5.74, 6) is -2.21. The van der Waals surface area contributed by atoms with Crippen LogP contribution >= 0.6 is 0 Å². The van der Waals surface area contributed by atoms with Crippen molar-refractivity contribution >= 4 is 23.3 Å². The fourth-order valence-corrected chi connectivity index (χ4v) is 3.48. The number of hydrogen-bond acceptors (Lipinski definition) is 5. The van der Waals surface area contributed by atoms with Crippen molar-refractivity contribution in [1.82, 2.24) is 4.98 Å². The van der Waals surface area contributed by atoms with E-state index in [0.717, 1.165) is 4.90 Å². The summed E-state index contributed by atoms with van der Waals surface area (Å²) < 4.78 is 19.9. The molecule has 0 spiro atoms. The number of aliphatic hydroxyl groups excluding tert-OH is 1. The van der Waals surface area contributed by atoms with E-state index in [-0.39, 0.29) is 22.5 Å². The zero-order valence-electron chi connectivity index (χ0n) is 15.9. The molecule has 1 fully saturated rings. The summed E-state index contributed by atoms with van der Waals surface area (Å²) in [6.45, 7) is 0. The van der Waals surface area contributed by atoms with Crippen LogP contribution in [0.2, 0.25) is 0 Å². The second kappa shape index (κ2) is 7.79. The van der Waals surface area contributed by atoms with Crippen LogP contribution in [-0.2, 0) is 9.59 Å². The van der Waals surface area contributed by atoms with Gasteiger partial charge in [0.2, 0.25) is 0 Å². The van der Waals surface area contributed by atoms with Crippen LogP contribution in [0.5, 0.6) is 5.75 Å². The molecule has 1 aromatic heterocycles. The van der Waals surface area contributed by atoms with Crippen LogP contribution < -0.4 is 9.64 Å². The van der Waals surface area contributed by atoms with Crippen molar-refractivity contribution in [3.05, 3.63) is 95.4 Å². The second-order valence-electron chi connectivity index (χ2n) is 6.61. The molecule has 1 aliphatic heterocycles. The predicted octanol–water partition coefficient (Wildman–Crippen LogP) is 3.86. The van der Waals surface area contributed by atoms with Gasteiger partial charge in [0, 0.05) is 17.3 Å². The quantitative estimate of drug-likeness (QED) is 0.406. The first-order valence-corrected chi connectivity index (χ1v) is 9.14. The normalized spacial score (nSPS) is 17.9. The molecule has 6 nitrogen and oxygen atoms in total. The SMILES string of the molecule is COc1cccc(C(O)=C2C(=O)C(=O)N(c3ccccn3)[C@@H]2c2ccccc2F)c1. The smallest absolute Gasteiger partial charge is 0.301 e. The highest BCUT2D eigenvalue weighted by molar-refractivity contribution is 6.51. The van der Waals surface area contributed by atoms with Gasteiger partial charge in [0.25, 0.3) is 5.78 Å². The van der Waals surface area contributed by atoms with Crippen LogP contribution in [0.3, 0.4) is 0 Å². The van der Waals surface area contributed by atoms with E-state index in [0.29, 0.717) is 5.75 Å². The van der Waals surface area contributed by atoms with Crippen LogP contribution in [0.4, 0.5) is 10.2 Å². The van der Waals surface area contributed by atoms with Gasteiger partial charge >= 0.3 is 5.91 Å². The first-order valence-electron chi connectivity index (χ1n) is 9.14. The molecule has 7 heteroatoms. The van der Waals surface area contributed by atoms with Crippen LogP contribution in [0.1, 0.15) is 17.2 Å². The number of benzene rings is 2. The van der Waals surface area contributed by atoms with E-state index in [1.54, 1.807) is 42.5 Å². The molecular weight excluding hydrogens is 387 g/mol. The lowest BCUT2D eigenvalue weighted by molar-refractivity contribution is -0.132. The van der Waals surface area contributed by atoms with E-state index in [2.05, 4.69) is 4.98 Å². The van der Waals surface area contributed by atoms with Gasteiger partial charge in [-0.25, -0.2) is 9.37 Å². The molecule has 2 aromatic carbocycles. The van der Waals surface area contributed by atoms with Crippen molar-refractivity contribution in [1.29, 1.82) is 0 Å². The zero-order chi connectivity index (χ0) is 21.3. The van der Waals surface area contributed by atoms with E-state index >= 15 is 0 Å². The average molecular weight is 404 g/mol. The number of aliphatic hydroxyl groups is 1. The summed E-state index contributed by atoms with van der Waals surface area (Å²) in [6.07, 6.45) is 1.47. The summed E-state index contributed by atoms with van der Waals surface area (Å²) in [5.41, 5.74) is 0.130. The van der Waals surface area contributed by atoms with Crippen molar-refractivity contribution in [2.75, 3.05) is 12.0 Å². The van der Waals surface area contributed by atoms with E-state index < -0.39 is 29.3 Å². The molecular formula is C23H17FN2O4. The second-order valence-corrected chi connectivity index (χ2v) is 6.61. The van der Waals surface area contributed by atoms with Gasteiger partial charge in [0.05, 0.1) is 18.7 Å². The topological polar surface area (TPSA) is 79.7 Å². The number of carbonyl (C=O) groups is 2. The number of aromatic nitrogens is 1. The van der Waals surface area contributed by atoms with Crippen LogP contribution in [-0.4, -0.2) is 28.9 Å². The Morgan fingerprint density at radius 1 is 1.07 bits per heavy atom. The fraction of sp³-hybridized carbons (Fsp3) is 0.0870. The molecule has 0 bridgehead atoms. The minimum atomic E-state index is -1.17. The average Bonchev–Trinajstić information content (AvgIpc) is 3.04. The molecule has 1 N–H and O–H groups in total. The largest absolute Gasteiger partial charge is 0.507 e. The molecule has 0 unspecified atom stereocenters. The van der Waals surface area contributed by atoms with Crippen molar-refractivity contribution in [3.8, 4) is 5.75 Å². The molecule has 1 saturated heterocycles. The number of carbonyl (C=O) groups excluding carboxylic acids is 2. The molecule has 30 heavy (non-hydrogen) atoms. The predicted molar refractivity (Wildman–Crippen MR) is 108 cm³/mol. The number of anilines is 1. The first kappa shape index (κ1) is 19.3. The summed E-state index contributed by atoms with van der Waals surface area (Å²) in [5, 5.41) is 11.0. The molecule has 1 amide bonds. The maximum absolute atomic E-state index is 14.7. The van der Waals surface area contributed by atoms with Gasteiger partial charge < -0.3 is 9.84 Å². The Bertz CT molecular complexity index is 1160. The van der Waals surface area contributed by atoms with Crippen LogP contribution in [0, 0.1) is 5.82 Å². The van der Waals surface area contributed by atoms with Crippen molar-refractivity contribution in [2.24, 2.45) is 0 Å². The summed E-state index contributed by atoms with van der Waals surface area (Å²) in [7, 11) is 1.47. The molecule has 1 atom stereocenters. The van der Waals surface area contributed by atoms with Gasteiger partial charge in [0.15, 0.2) is 0 Å². The van der Waals surface area contributed by atoms with Gasteiger partial charge in [-0.05, 0) is 30.3 Å². The molecule has 4 rings (SSSR count). The van der Waals surface area contributed by atoms with Gasteiger partial charge in [-0.15, -0.1) is 0 Å². The van der Waals surface area contributed by atoms with Crippen LogP contribution in [0.15, 0.2) is 78.5 Å². The number of ether oxygens (including phenoxy) is 1.